The fourth-order valence-corrected chi connectivity index (χ4v) is 9.23. The average molecular weight is 886 g/mol. The van der Waals surface area contributed by atoms with Gasteiger partial charge in [-0.1, -0.05) is 76.6 Å². The number of esters is 1. The third-order valence-electron chi connectivity index (χ3n) is 13.7. The van der Waals surface area contributed by atoms with Gasteiger partial charge in [-0.3, -0.25) is 19.2 Å². The Hall–Kier alpha value is -3.33. The maximum Gasteiger partial charge on any atom is 0.329 e. The first-order valence-corrected chi connectivity index (χ1v) is 23.3. The van der Waals surface area contributed by atoms with Gasteiger partial charge < -0.3 is 39.2 Å². The van der Waals surface area contributed by atoms with Crippen LogP contribution in [0.25, 0.3) is 0 Å². The molecule has 0 aromatic rings. The number of Topliss-reactive ketones (excluding diaryl/α,β-unsaturated/α-hetero) is 3. The highest BCUT2D eigenvalue weighted by atomic mass is 16.6. The Labute approximate surface area is 376 Å². The molecule has 0 aromatic heterocycles. The Morgan fingerprint density at radius 1 is 0.921 bits per heavy atom. The van der Waals surface area contributed by atoms with Crippen LogP contribution in [0.1, 0.15) is 132 Å². The second kappa shape index (κ2) is 26.0. The van der Waals surface area contributed by atoms with Gasteiger partial charge in [0.2, 0.25) is 5.79 Å². The zero-order valence-corrected chi connectivity index (χ0v) is 39.8. The largest absolute Gasteiger partial charge is 0.460 e. The highest BCUT2D eigenvalue weighted by molar-refractivity contribution is 6.39. The maximum absolute atomic E-state index is 14.2. The molecule has 0 radical (unpaired) electrons. The summed E-state index contributed by atoms with van der Waals surface area (Å²) in [6.07, 6.45) is 14.7. The molecule has 13 heteroatoms. The number of amides is 1. The van der Waals surface area contributed by atoms with Crippen LogP contribution in [0.3, 0.4) is 0 Å². The number of rotatable bonds is 23. The predicted molar refractivity (Wildman–Crippen MR) is 241 cm³/mol. The highest BCUT2D eigenvalue weighted by Crippen LogP contribution is 2.37. The standard InChI is InChI=1S/C50H79NO12/c1-31(24-34(4)38(8)53)16-12-11-13-17-33(3)44(60-9)28-40-21-19-37(7)50(59,63-40)47(56)48(57)51-23-15-14-18-41(51)49(58)62-45(29-43(55)35(5)25-32(2)30-52)36(6)26-39-20-22-42(54)46(27-39)61-10/h11-13,16-17,25,31,34-37,39-42,44-46,52,54,59H,14-15,18-24,26-30H2,1-10H3/b13-11+,16-12+,32-25+,33-17+/t31-,34-,35-,36-,37-,39?,40+,41?,42-,44+,45+,46-,50-/m1/s1. The molecule has 1 aliphatic carbocycles. The van der Waals surface area contributed by atoms with Crippen LogP contribution in [0.15, 0.2) is 47.6 Å². The van der Waals surface area contributed by atoms with Crippen LogP contribution in [-0.4, -0.2) is 119 Å². The Balaban J connectivity index is 1.75. The zero-order valence-electron chi connectivity index (χ0n) is 39.8. The summed E-state index contributed by atoms with van der Waals surface area (Å²) in [5.74, 6) is -6.33. The third kappa shape index (κ3) is 16.0. The summed E-state index contributed by atoms with van der Waals surface area (Å²) in [5, 5.41) is 31.8. The first kappa shape index (κ1) is 54.0. The van der Waals surface area contributed by atoms with Gasteiger partial charge in [0, 0.05) is 51.4 Å². The highest BCUT2D eigenvalue weighted by Gasteiger charge is 2.53. The van der Waals surface area contributed by atoms with Gasteiger partial charge in [-0.05, 0) is 108 Å². The molecule has 1 amide bonds. The number of nitrogens with zero attached hydrogens (tertiary/aromatic N) is 1. The quantitative estimate of drug-likeness (QED) is 0.0422. The molecule has 13 nitrogen and oxygen atoms in total. The SMILES string of the molecule is CO[C@@H](C[C@@H]1CC[C@@H](C)[C@](O)(C(=O)C(=O)N2CCCCC2C(=O)O[C@@H](CC(=O)[C@H](C)/C=C(\C)CO)[C@H](C)CC2CC[C@@H](O)[C@H](OC)C2)O1)/C(C)=C/C=C/C=C/[C@@H](C)C[C@@H](C)C(C)=O. The minimum atomic E-state index is -2.42. The molecule has 63 heavy (non-hydrogen) atoms. The summed E-state index contributed by atoms with van der Waals surface area (Å²) < 4.78 is 23.7. The summed E-state index contributed by atoms with van der Waals surface area (Å²) >= 11 is 0. The van der Waals surface area contributed by atoms with Gasteiger partial charge >= 0.3 is 5.97 Å². The Morgan fingerprint density at radius 3 is 2.29 bits per heavy atom. The van der Waals surface area contributed by atoms with Crippen molar-refractivity contribution < 1.29 is 58.2 Å². The summed E-state index contributed by atoms with van der Waals surface area (Å²) in [5.41, 5.74) is 1.55. The molecule has 356 valence electrons. The molecule has 3 N–H and O–H groups in total. The molecule has 2 heterocycles. The molecule has 1 saturated carbocycles. The van der Waals surface area contributed by atoms with Gasteiger partial charge in [0.1, 0.15) is 23.7 Å². The van der Waals surface area contributed by atoms with Crippen molar-refractivity contribution in [3.05, 3.63) is 47.6 Å². The molecular weight excluding hydrogens is 807 g/mol. The number of aliphatic hydroxyl groups is 3. The van der Waals surface area contributed by atoms with Crippen molar-refractivity contribution in [1.82, 2.24) is 4.90 Å². The molecular formula is C50H79NO12. The molecule has 2 saturated heterocycles. The van der Waals surface area contributed by atoms with Crippen LogP contribution < -0.4 is 0 Å². The number of allylic oxidation sites excluding steroid dienone is 6. The number of hydrogen-bond acceptors (Lipinski definition) is 12. The van der Waals surface area contributed by atoms with Gasteiger partial charge in [0.15, 0.2) is 0 Å². The molecule has 2 unspecified atom stereocenters. The van der Waals surface area contributed by atoms with Crippen molar-refractivity contribution in [3.8, 4) is 0 Å². The monoisotopic (exact) mass is 886 g/mol. The van der Waals surface area contributed by atoms with Crippen LogP contribution in [-0.2, 0) is 42.9 Å². The molecule has 3 aliphatic rings. The van der Waals surface area contributed by atoms with Crippen LogP contribution >= 0.6 is 0 Å². The molecule has 3 fully saturated rings. The molecule has 0 aromatic carbocycles. The summed E-state index contributed by atoms with van der Waals surface area (Å²) in [4.78, 5) is 68.8. The molecule has 0 bridgehead atoms. The molecule has 0 spiro atoms. The average Bonchev–Trinajstić information content (AvgIpc) is 3.25. The Kier molecular flexibility index (Phi) is 22.3. The third-order valence-corrected chi connectivity index (χ3v) is 13.7. The zero-order chi connectivity index (χ0) is 47.0. The number of ether oxygens (including phenoxy) is 4. The summed E-state index contributed by atoms with van der Waals surface area (Å²) in [7, 11) is 3.16. The van der Waals surface area contributed by atoms with E-state index in [2.05, 4.69) is 13.0 Å². The van der Waals surface area contributed by atoms with Crippen molar-refractivity contribution in [2.24, 2.45) is 35.5 Å². The van der Waals surface area contributed by atoms with Crippen LogP contribution in [0, 0.1) is 35.5 Å². The minimum absolute atomic E-state index is 0.0113. The number of aliphatic hydroxyl groups excluding tert-OH is 2. The van der Waals surface area contributed by atoms with Gasteiger partial charge in [0.05, 0.1) is 31.0 Å². The molecule has 2 aliphatic heterocycles. The van der Waals surface area contributed by atoms with E-state index in [0.717, 1.165) is 18.4 Å². The van der Waals surface area contributed by atoms with Gasteiger partial charge in [-0.2, -0.15) is 0 Å². The lowest BCUT2D eigenvalue weighted by molar-refractivity contribution is -0.265. The normalized spacial score (nSPS) is 29.2. The van der Waals surface area contributed by atoms with Crippen molar-refractivity contribution in [2.45, 2.75) is 175 Å². The van der Waals surface area contributed by atoms with Crippen LogP contribution in [0.5, 0.6) is 0 Å². The molecule has 3 rings (SSSR count). The van der Waals surface area contributed by atoms with Gasteiger partial charge in [-0.15, -0.1) is 0 Å². The smallest absolute Gasteiger partial charge is 0.329 e. The fraction of sp³-hybridized carbons (Fsp3) is 0.740. The molecule has 13 atom stereocenters. The topological polar surface area (TPSA) is 186 Å². The first-order valence-electron chi connectivity index (χ1n) is 23.3. The summed E-state index contributed by atoms with van der Waals surface area (Å²) in [6, 6.07) is -1.10. The second-order valence-corrected chi connectivity index (χ2v) is 19.0. The number of piperidine rings is 1. The van der Waals surface area contributed by atoms with E-state index in [9.17, 15) is 39.3 Å². The second-order valence-electron chi connectivity index (χ2n) is 19.0. The summed E-state index contributed by atoms with van der Waals surface area (Å²) in [6.45, 7) is 14.6. The van der Waals surface area contributed by atoms with E-state index in [1.54, 1.807) is 48.0 Å². The van der Waals surface area contributed by atoms with Crippen molar-refractivity contribution in [2.75, 3.05) is 27.4 Å². The number of likely N-dealkylation sites (tertiary alicyclic amines) is 1. The van der Waals surface area contributed by atoms with E-state index in [1.807, 2.05) is 45.1 Å². The number of hydrogen-bond donors (Lipinski definition) is 3. The maximum atomic E-state index is 14.2. The number of ketones is 3. The minimum Gasteiger partial charge on any atom is -0.460 e. The fourth-order valence-electron chi connectivity index (χ4n) is 9.23. The van der Waals surface area contributed by atoms with Crippen molar-refractivity contribution in [3.63, 3.8) is 0 Å². The lowest BCUT2D eigenvalue weighted by Crippen LogP contribution is -2.61. The Bertz CT molecular complexity index is 1650. The van der Waals surface area contributed by atoms with Crippen molar-refractivity contribution in [1.29, 1.82) is 0 Å². The van der Waals surface area contributed by atoms with Gasteiger partial charge in [-0.25, -0.2) is 4.79 Å². The van der Waals surface area contributed by atoms with E-state index < -0.39 is 65.7 Å². The number of methoxy groups -OCH3 is 2. The van der Waals surface area contributed by atoms with E-state index >= 15 is 0 Å². The predicted octanol–water partition coefficient (Wildman–Crippen LogP) is 6.80. The van der Waals surface area contributed by atoms with Crippen LogP contribution in [0.4, 0.5) is 0 Å². The van der Waals surface area contributed by atoms with E-state index in [-0.39, 0.29) is 67.3 Å². The lowest BCUT2D eigenvalue weighted by atomic mass is 9.78. The van der Waals surface area contributed by atoms with Crippen LogP contribution in [0.2, 0.25) is 0 Å². The van der Waals surface area contributed by atoms with E-state index in [4.69, 9.17) is 18.9 Å². The van der Waals surface area contributed by atoms with Crippen molar-refractivity contribution >= 4 is 29.2 Å². The Morgan fingerprint density at radius 2 is 1.63 bits per heavy atom. The van der Waals surface area contributed by atoms with Gasteiger partial charge in [0.25, 0.3) is 11.7 Å². The van der Waals surface area contributed by atoms with E-state index in [0.29, 0.717) is 56.9 Å². The lowest BCUT2D eigenvalue weighted by Gasteiger charge is -2.42. The number of carbonyl (C=O) groups excluding carboxylic acids is 5. The first-order chi connectivity index (χ1) is 29.7. The van der Waals surface area contributed by atoms with E-state index in [1.165, 1.54) is 4.90 Å². The number of carbonyl (C=O) groups is 5.